The zero-order chi connectivity index (χ0) is 32.2. The summed E-state index contributed by atoms with van der Waals surface area (Å²) in [5.74, 6) is 1.55. The fourth-order valence-corrected chi connectivity index (χ4v) is 4.73. The molecule has 2 aliphatic rings. The van der Waals surface area contributed by atoms with Crippen molar-refractivity contribution in [3.05, 3.63) is 47.7 Å². The Kier molecular flexibility index (Phi) is 9.69. The topological polar surface area (TPSA) is 145 Å². The van der Waals surface area contributed by atoms with Crippen molar-refractivity contribution in [2.75, 3.05) is 30.4 Å². The first-order valence-corrected chi connectivity index (χ1v) is 14.9. The average molecular weight is 606 g/mol. The van der Waals surface area contributed by atoms with E-state index in [9.17, 15) is 20.0 Å². The number of nitrogens with zero attached hydrogens (tertiary/aromatic N) is 6. The number of likely N-dealkylation sites (tertiary alicyclic amines) is 1. The van der Waals surface area contributed by atoms with Crippen molar-refractivity contribution >= 4 is 35.2 Å². The van der Waals surface area contributed by atoms with Gasteiger partial charge in [0.15, 0.2) is 5.65 Å². The van der Waals surface area contributed by atoms with Crippen LogP contribution in [0.5, 0.6) is 0 Å². The fourth-order valence-electron chi connectivity index (χ4n) is 4.73. The van der Waals surface area contributed by atoms with Crippen LogP contribution < -0.4 is 10.2 Å². The number of anilines is 3. The third-order valence-electron chi connectivity index (χ3n) is 6.84. The van der Waals surface area contributed by atoms with Crippen LogP contribution in [0.1, 0.15) is 84.3 Å². The van der Waals surface area contributed by atoms with Gasteiger partial charge in [-0.1, -0.05) is 6.07 Å². The highest BCUT2D eigenvalue weighted by Gasteiger charge is 2.32. The van der Waals surface area contributed by atoms with E-state index in [0.717, 1.165) is 31.2 Å². The van der Waals surface area contributed by atoms with Gasteiger partial charge in [-0.2, -0.15) is 14.9 Å². The Morgan fingerprint density at radius 1 is 1.09 bits per heavy atom. The van der Waals surface area contributed by atoms with Gasteiger partial charge >= 0.3 is 12.2 Å². The molecule has 2 N–H and O–H groups in total. The van der Waals surface area contributed by atoms with E-state index in [4.69, 9.17) is 9.47 Å². The van der Waals surface area contributed by atoms with Crippen molar-refractivity contribution in [2.24, 2.45) is 0 Å². The highest BCUT2D eigenvalue weighted by Crippen LogP contribution is 2.42. The molecule has 1 aliphatic carbocycles. The number of fused-ring (bicyclic) bond motifs is 1. The van der Waals surface area contributed by atoms with Crippen LogP contribution in [0, 0.1) is 11.3 Å². The van der Waals surface area contributed by atoms with Crippen molar-refractivity contribution in [2.45, 2.75) is 90.4 Å². The summed E-state index contributed by atoms with van der Waals surface area (Å²) in [7, 11) is 1.78. The minimum atomic E-state index is -0.691. The van der Waals surface area contributed by atoms with E-state index in [1.54, 1.807) is 46.8 Å². The van der Waals surface area contributed by atoms with Gasteiger partial charge in [-0.05, 0) is 91.3 Å². The maximum atomic E-state index is 13.3. The van der Waals surface area contributed by atoms with Gasteiger partial charge in [-0.15, -0.1) is 0 Å². The number of aromatic nitrogens is 3. The Hall–Kier alpha value is -4.37. The van der Waals surface area contributed by atoms with E-state index < -0.39 is 23.4 Å². The highest BCUT2D eigenvalue weighted by molar-refractivity contribution is 5.96. The van der Waals surface area contributed by atoms with Crippen LogP contribution >= 0.6 is 0 Å². The molecule has 0 bridgehead atoms. The molecule has 12 heteroatoms. The summed E-state index contributed by atoms with van der Waals surface area (Å²) in [6, 6.07) is 10.7. The summed E-state index contributed by atoms with van der Waals surface area (Å²) in [5, 5.41) is 26.3. The number of aliphatic hydroxyl groups excluding tert-OH is 1. The quantitative estimate of drug-likeness (QED) is 0.367. The molecule has 1 aromatic carbocycles. The number of benzene rings is 1. The number of nitrogens with one attached hydrogen (secondary N) is 1. The third-order valence-corrected chi connectivity index (χ3v) is 6.84. The smallest absolute Gasteiger partial charge is 0.420 e. The number of nitriles is 1. The number of β-amino-alcohol motifs (C(OH)–C–C–N with tert-alkyl or cyclic N) is 1. The van der Waals surface area contributed by atoms with Gasteiger partial charge in [0, 0.05) is 31.8 Å². The molecule has 3 heterocycles. The molecule has 0 spiro atoms. The lowest BCUT2D eigenvalue weighted by atomic mass is 10.1. The van der Waals surface area contributed by atoms with Gasteiger partial charge in [0.2, 0.25) is 0 Å². The minimum Gasteiger partial charge on any atom is -0.444 e. The van der Waals surface area contributed by atoms with Crippen LogP contribution in [0.25, 0.3) is 5.65 Å². The number of carbonyl (C=O) groups is 2. The Bertz CT molecular complexity index is 1530. The van der Waals surface area contributed by atoms with Crippen LogP contribution in [-0.2, 0) is 9.47 Å². The molecular weight excluding hydrogens is 562 g/mol. The molecule has 1 saturated heterocycles. The van der Waals surface area contributed by atoms with Crippen molar-refractivity contribution in [1.29, 1.82) is 5.26 Å². The Morgan fingerprint density at radius 3 is 2.39 bits per heavy atom. The fraction of sp³-hybridized carbons (Fsp3) is 0.531. The average Bonchev–Trinajstić information content (AvgIpc) is 3.70. The molecule has 1 aliphatic heterocycles. The van der Waals surface area contributed by atoms with Gasteiger partial charge in [0.05, 0.1) is 29.6 Å². The molecule has 1 saturated carbocycles. The summed E-state index contributed by atoms with van der Waals surface area (Å²) >= 11 is 0. The molecule has 2 fully saturated rings. The Balaban J connectivity index is 0.000000265. The first-order valence-electron chi connectivity index (χ1n) is 14.9. The maximum absolute atomic E-state index is 13.3. The van der Waals surface area contributed by atoms with E-state index in [2.05, 4.69) is 21.5 Å². The first-order chi connectivity index (χ1) is 20.7. The lowest BCUT2D eigenvalue weighted by molar-refractivity contribution is 0.00390. The molecule has 2 aromatic heterocycles. The molecule has 1 atom stereocenters. The van der Waals surface area contributed by atoms with Crippen LogP contribution in [-0.4, -0.2) is 74.2 Å². The van der Waals surface area contributed by atoms with Gasteiger partial charge in [0.25, 0.3) is 0 Å². The van der Waals surface area contributed by atoms with Crippen molar-refractivity contribution in [3.63, 3.8) is 0 Å². The number of hydrogen-bond acceptors (Lipinski definition) is 9. The van der Waals surface area contributed by atoms with E-state index in [-0.39, 0.29) is 6.09 Å². The standard InChI is InChI=1S/C22H24N6O2.C10H19NO3/c1-22(2,3)30-21(29)27(16-7-5-6-14(10-16)12-23)19-11-18(24-4)26-20-17(15-8-9-15)13-25-28(19)20;1-10(2,3)14-9(13)11-6-4-5-8(12)7-11/h5-7,10-11,13,15H,8-9H2,1-4H3,(H,24,26);8,12H,4-7H2,1-3H3. The van der Waals surface area contributed by atoms with Crippen molar-refractivity contribution in [1.82, 2.24) is 19.5 Å². The molecule has 2 amide bonds. The highest BCUT2D eigenvalue weighted by atomic mass is 16.6. The number of amides is 2. The predicted molar refractivity (Wildman–Crippen MR) is 167 cm³/mol. The number of hydrogen-bond donors (Lipinski definition) is 2. The normalized spacial score (nSPS) is 16.8. The molecule has 44 heavy (non-hydrogen) atoms. The summed E-state index contributed by atoms with van der Waals surface area (Å²) < 4.78 is 12.6. The first kappa shape index (κ1) is 32.5. The molecule has 3 aromatic rings. The van der Waals surface area contributed by atoms with Crippen molar-refractivity contribution in [3.8, 4) is 6.07 Å². The summed E-state index contributed by atoms with van der Waals surface area (Å²) in [6.45, 7) is 12.0. The largest absolute Gasteiger partial charge is 0.444 e. The number of ether oxygens (including phenoxy) is 2. The van der Waals surface area contributed by atoms with Crippen LogP contribution in [0.3, 0.4) is 0 Å². The molecule has 5 rings (SSSR count). The van der Waals surface area contributed by atoms with Gasteiger partial charge < -0.3 is 24.8 Å². The second-order valence-corrected chi connectivity index (χ2v) is 13.1. The zero-order valence-electron chi connectivity index (χ0n) is 26.6. The van der Waals surface area contributed by atoms with Gasteiger partial charge in [-0.3, -0.25) is 0 Å². The van der Waals surface area contributed by atoms with Crippen molar-refractivity contribution < 1.29 is 24.2 Å². The number of carbonyl (C=O) groups excluding carboxylic acids is 2. The monoisotopic (exact) mass is 605 g/mol. The third kappa shape index (κ3) is 8.38. The van der Waals surface area contributed by atoms with Gasteiger partial charge in [-0.25, -0.2) is 19.5 Å². The van der Waals surface area contributed by atoms with E-state index in [1.165, 1.54) is 4.90 Å². The van der Waals surface area contributed by atoms with Crippen LogP contribution in [0.15, 0.2) is 36.5 Å². The van der Waals surface area contributed by atoms with Gasteiger partial charge in [0.1, 0.15) is 22.8 Å². The van der Waals surface area contributed by atoms with E-state index in [0.29, 0.717) is 47.5 Å². The van der Waals surface area contributed by atoms with E-state index >= 15 is 0 Å². The summed E-state index contributed by atoms with van der Waals surface area (Å²) in [5.41, 5.74) is 1.59. The van der Waals surface area contributed by atoms with Crippen LogP contribution in [0.2, 0.25) is 0 Å². The van der Waals surface area contributed by atoms with E-state index in [1.807, 2.05) is 47.7 Å². The Morgan fingerprint density at radius 2 is 1.80 bits per heavy atom. The molecule has 1 unspecified atom stereocenters. The summed E-state index contributed by atoms with van der Waals surface area (Å²) in [4.78, 5) is 32.5. The number of rotatable bonds is 4. The molecule has 236 valence electrons. The second-order valence-electron chi connectivity index (χ2n) is 13.1. The zero-order valence-corrected chi connectivity index (χ0v) is 26.6. The minimum absolute atomic E-state index is 0.323. The summed E-state index contributed by atoms with van der Waals surface area (Å²) in [6.07, 6.45) is 4.40. The Labute approximate surface area is 258 Å². The lowest BCUT2D eigenvalue weighted by Crippen LogP contribution is -2.44. The second kappa shape index (κ2) is 13.1. The SMILES string of the molecule is CC(C)(C)OC(=O)N1CCCC(O)C1.CNc1cc(N(C(=O)OC(C)(C)C)c2cccc(C#N)c2)n2ncc(C3CC3)c2n1. The van der Waals surface area contributed by atoms with Crippen LogP contribution in [0.4, 0.5) is 26.9 Å². The molecular formula is C32H43N7O5. The lowest BCUT2D eigenvalue weighted by Gasteiger charge is -2.32. The molecule has 0 radical (unpaired) electrons. The predicted octanol–water partition coefficient (Wildman–Crippen LogP) is 5.97. The molecule has 12 nitrogen and oxygen atoms in total. The number of piperidine rings is 1. The number of aliphatic hydroxyl groups is 1. The maximum Gasteiger partial charge on any atom is 0.420 e.